The Bertz CT molecular complexity index is 96.0. The van der Waals surface area contributed by atoms with Crippen molar-refractivity contribution in [3.63, 3.8) is 0 Å². The van der Waals surface area contributed by atoms with Crippen LogP contribution in [0.25, 0.3) is 0 Å². The van der Waals surface area contributed by atoms with E-state index in [9.17, 15) is 0 Å². The molecule has 0 bridgehead atoms. The molecule has 0 saturated carbocycles. The summed E-state index contributed by atoms with van der Waals surface area (Å²) in [7, 11) is 0. The third-order valence-corrected chi connectivity index (χ3v) is 2.39. The van der Waals surface area contributed by atoms with Gasteiger partial charge in [0.15, 0.2) is 0 Å². The Balaban J connectivity index is 2.54. The predicted molar refractivity (Wildman–Crippen MR) is 32.2 cm³/mol. The highest BCUT2D eigenvalue weighted by Crippen LogP contribution is 2.31. The van der Waals surface area contributed by atoms with E-state index in [1.54, 1.807) is 0 Å². The summed E-state index contributed by atoms with van der Waals surface area (Å²) in [6.45, 7) is 0. The molecule has 1 fully saturated rings. The van der Waals surface area contributed by atoms with Crippen LogP contribution in [-0.2, 0) is 0 Å². The number of aliphatic hydroxyl groups is 2. The average molecular weight is 135 g/mol. The number of hydrogen-bond acceptors (Lipinski definition) is 4. The highest BCUT2D eigenvalue weighted by Gasteiger charge is 2.37. The van der Waals surface area contributed by atoms with E-state index in [2.05, 4.69) is 0 Å². The lowest BCUT2D eigenvalue weighted by atomic mass is 10.2. The molecule has 1 aliphatic rings. The van der Waals surface area contributed by atoms with Crippen LogP contribution in [-0.4, -0.2) is 27.1 Å². The summed E-state index contributed by atoms with van der Waals surface area (Å²) in [5.41, 5.74) is 5.29. The molecule has 0 aromatic heterocycles. The molecule has 0 radical (unpaired) electrons. The highest BCUT2D eigenvalue weighted by molar-refractivity contribution is 8.00. The molecule has 4 heteroatoms. The number of nitrogens with two attached hydrogens (primary N) is 1. The van der Waals surface area contributed by atoms with Crippen LogP contribution in [0.4, 0.5) is 0 Å². The van der Waals surface area contributed by atoms with Gasteiger partial charge in [-0.3, -0.25) is 0 Å². The quantitative estimate of drug-likeness (QED) is 0.376. The first kappa shape index (κ1) is 6.35. The molecule has 1 rings (SSSR count). The fraction of sp³-hybridized carbons (Fsp3) is 1.00. The molecule has 0 spiro atoms. The summed E-state index contributed by atoms with van der Waals surface area (Å²) in [4.78, 5) is 0. The zero-order valence-corrected chi connectivity index (χ0v) is 5.19. The van der Waals surface area contributed by atoms with Crippen molar-refractivity contribution in [2.75, 3.05) is 5.75 Å². The van der Waals surface area contributed by atoms with Crippen molar-refractivity contribution >= 4 is 11.8 Å². The molecule has 1 heterocycles. The van der Waals surface area contributed by atoms with Crippen LogP contribution in [0.1, 0.15) is 6.42 Å². The molecule has 48 valence electrons. The topological polar surface area (TPSA) is 66.5 Å². The standard InChI is InChI=1S/C4H9NO2S/c5-3-1-2-8-4(3,6)7/h3,6-7H,1-2,5H2. The maximum Gasteiger partial charge on any atom is 0.228 e. The average Bonchev–Trinajstić information content (AvgIpc) is 1.86. The zero-order chi connectivity index (χ0) is 6.20. The Labute approximate surface area is 51.9 Å². The summed E-state index contributed by atoms with van der Waals surface area (Å²) in [5.74, 6) is 0.744. The minimum atomic E-state index is -1.65. The molecule has 0 amide bonds. The van der Waals surface area contributed by atoms with Gasteiger partial charge in [-0.05, 0) is 6.42 Å². The van der Waals surface area contributed by atoms with Crippen LogP contribution in [0.2, 0.25) is 0 Å². The van der Waals surface area contributed by atoms with Crippen LogP contribution in [0.3, 0.4) is 0 Å². The SMILES string of the molecule is NC1CCSC1(O)O. The van der Waals surface area contributed by atoms with Gasteiger partial charge in [-0.15, -0.1) is 0 Å². The van der Waals surface area contributed by atoms with E-state index in [4.69, 9.17) is 15.9 Å². The third kappa shape index (κ3) is 0.974. The van der Waals surface area contributed by atoms with E-state index in [1.807, 2.05) is 0 Å². The molecule has 1 aliphatic heterocycles. The van der Waals surface area contributed by atoms with E-state index in [1.165, 1.54) is 0 Å². The van der Waals surface area contributed by atoms with Gasteiger partial charge >= 0.3 is 0 Å². The first-order valence-electron chi connectivity index (χ1n) is 2.47. The van der Waals surface area contributed by atoms with Crippen LogP contribution < -0.4 is 5.73 Å². The van der Waals surface area contributed by atoms with Crippen molar-refractivity contribution in [2.45, 2.75) is 17.6 Å². The van der Waals surface area contributed by atoms with Crippen molar-refractivity contribution in [2.24, 2.45) is 5.73 Å². The second-order valence-corrected chi connectivity index (χ2v) is 3.20. The molecule has 8 heavy (non-hydrogen) atoms. The molecule has 0 aromatic carbocycles. The van der Waals surface area contributed by atoms with E-state index >= 15 is 0 Å². The monoisotopic (exact) mass is 135 g/mol. The summed E-state index contributed by atoms with van der Waals surface area (Å²) in [5, 5.41) is 16.1. The van der Waals surface area contributed by atoms with E-state index in [0.29, 0.717) is 6.42 Å². The van der Waals surface area contributed by atoms with Gasteiger partial charge in [-0.25, -0.2) is 0 Å². The smallest absolute Gasteiger partial charge is 0.228 e. The van der Waals surface area contributed by atoms with E-state index in [-0.39, 0.29) is 0 Å². The Morgan fingerprint density at radius 3 is 2.38 bits per heavy atom. The van der Waals surface area contributed by atoms with Gasteiger partial charge in [0.2, 0.25) is 5.12 Å². The molecule has 0 aliphatic carbocycles. The van der Waals surface area contributed by atoms with Gasteiger partial charge in [-0.2, -0.15) is 0 Å². The number of hydrogen-bond donors (Lipinski definition) is 3. The van der Waals surface area contributed by atoms with Crippen LogP contribution in [0.15, 0.2) is 0 Å². The van der Waals surface area contributed by atoms with Gasteiger partial charge < -0.3 is 15.9 Å². The number of rotatable bonds is 0. The molecular formula is C4H9NO2S. The number of thioether (sulfide) groups is 1. The van der Waals surface area contributed by atoms with Gasteiger partial charge in [0.1, 0.15) is 0 Å². The van der Waals surface area contributed by atoms with Gasteiger partial charge in [0.25, 0.3) is 0 Å². The normalized spacial score (nSPS) is 35.6. The largest absolute Gasteiger partial charge is 0.356 e. The molecular weight excluding hydrogens is 126 g/mol. The molecule has 0 aromatic rings. The Hall–Kier alpha value is 0.230. The summed E-state index contributed by atoms with van der Waals surface area (Å²) in [6.07, 6.45) is 0.692. The highest BCUT2D eigenvalue weighted by atomic mass is 32.2. The van der Waals surface area contributed by atoms with Crippen molar-refractivity contribution in [3.8, 4) is 0 Å². The van der Waals surface area contributed by atoms with Crippen LogP contribution in [0.5, 0.6) is 0 Å². The predicted octanol–water partition coefficient (Wildman–Crippen LogP) is -0.911. The maximum absolute atomic E-state index is 8.86. The second-order valence-electron chi connectivity index (χ2n) is 1.90. The molecule has 3 nitrogen and oxygen atoms in total. The van der Waals surface area contributed by atoms with Gasteiger partial charge in [0.05, 0.1) is 6.04 Å². The van der Waals surface area contributed by atoms with Crippen molar-refractivity contribution in [3.05, 3.63) is 0 Å². The van der Waals surface area contributed by atoms with Crippen molar-refractivity contribution in [1.82, 2.24) is 0 Å². The maximum atomic E-state index is 8.86. The Morgan fingerprint density at radius 2 is 2.25 bits per heavy atom. The summed E-state index contributed by atoms with van der Waals surface area (Å²) >= 11 is 1.09. The first-order valence-corrected chi connectivity index (χ1v) is 3.46. The molecule has 1 saturated heterocycles. The summed E-state index contributed by atoms with van der Waals surface area (Å²) in [6, 6.07) is -0.465. The fourth-order valence-corrected chi connectivity index (χ4v) is 1.64. The van der Waals surface area contributed by atoms with E-state index < -0.39 is 11.2 Å². The first-order chi connectivity index (χ1) is 3.63. The lowest BCUT2D eigenvalue weighted by Gasteiger charge is -2.17. The van der Waals surface area contributed by atoms with Crippen molar-refractivity contribution in [1.29, 1.82) is 0 Å². The minimum Gasteiger partial charge on any atom is -0.356 e. The Morgan fingerprint density at radius 1 is 1.62 bits per heavy atom. The summed E-state index contributed by atoms with van der Waals surface area (Å²) < 4.78 is 0. The molecule has 4 N–H and O–H groups in total. The van der Waals surface area contributed by atoms with Crippen molar-refractivity contribution < 1.29 is 10.2 Å². The van der Waals surface area contributed by atoms with Gasteiger partial charge in [0, 0.05) is 5.75 Å². The van der Waals surface area contributed by atoms with E-state index in [0.717, 1.165) is 17.5 Å². The van der Waals surface area contributed by atoms with Gasteiger partial charge in [-0.1, -0.05) is 11.8 Å². The molecule has 1 unspecified atom stereocenters. The minimum absolute atomic E-state index is 0.465. The lowest BCUT2D eigenvalue weighted by molar-refractivity contribution is -0.0880. The molecule has 1 atom stereocenters. The lowest BCUT2D eigenvalue weighted by Crippen LogP contribution is -2.40. The van der Waals surface area contributed by atoms with Crippen LogP contribution >= 0.6 is 11.8 Å². The third-order valence-electron chi connectivity index (χ3n) is 1.23. The Kier molecular flexibility index (Phi) is 1.49. The zero-order valence-electron chi connectivity index (χ0n) is 4.37. The fourth-order valence-electron chi connectivity index (χ4n) is 0.631. The van der Waals surface area contributed by atoms with Crippen LogP contribution in [0, 0.1) is 0 Å². The second kappa shape index (κ2) is 1.88.